The van der Waals surface area contributed by atoms with Gasteiger partial charge in [0.05, 0.1) is 6.04 Å². The lowest BCUT2D eigenvalue weighted by molar-refractivity contribution is -0.122. The maximum absolute atomic E-state index is 12.0. The van der Waals surface area contributed by atoms with Gasteiger partial charge >= 0.3 is 0 Å². The molecule has 2 unspecified atom stereocenters. The summed E-state index contributed by atoms with van der Waals surface area (Å²) in [5.41, 5.74) is 7.83. The van der Waals surface area contributed by atoms with E-state index < -0.39 is 0 Å². The minimum absolute atomic E-state index is 0.109. The van der Waals surface area contributed by atoms with Gasteiger partial charge in [0.15, 0.2) is 0 Å². The summed E-state index contributed by atoms with van der Waals surface area (Å²) in [4.78, 5) is 12.0. The van der Waals surface area contributed by atoms with Crippen LogP contribution in [0.25, 0.3) is 0 Å². The van der Waals surface area contributed by atoms with Crippen LogP contribution in [0.1, 0.15) is 36.6 Å². The molecule has 2 aromatic carbocycles. The van der Waals surface area contributed by atoms with Crippen molar-refractivity contribution in [2.75, 3.05) is 0 Å². The standard InChI is InChI=1S/C17H20N2O2/c1-12(14-8-5-9-15(20)10-14)19-17(21)11-16(18)13-6-3-2-4-7-13/h2-10,12,16,20H,11,18H2,1H3,(H,19,21). The van der Waals surface area contributed by atoms with Gasteiger partial charge in [0, 0.05) is 12.5 Å². The average Bonchev–Trinajstić information content (AvgIpc) is 2.48. The highest BCUT2D eigenvalue weighted by Crippen LogP contribution is 2.19. The first-order valence-corrected chi connectivity index (χ1v) is 6.95. The van der Waals surface area contributed by atoms with Crippen molar-refractivity contribution in [1.29, 1.82) is 0 Å². The van der Waals surface area contributed by atoms with Crippen molar-refractivity contribution >= 4 is 5.91 Å². The Morgan fingerprint density at radius 1 is 1.14 bits per heavy atom. The van der Waals surface area contributed by atoms with Crippen LogP contribution in [0.4, 0.5) is 0 Å². The molecule has 0 heterocycles. The molecule has 0 saturated heterocycles. The number of amides is 1. The highest BCUT2D eigenvalue weighted by Gasteiger charge is 2.14. The minimum atomic E-state index is -0.317. The maximum atomic E-state index is 12.0. The number of benzene rings is 2. The van der Waals surface area contributed by atoms with Crippen LogP contribution in [0.15, 0.2) is 54.6 Å². The number of aromatic hydroxyl groups is 1. The Hall–Kier alpha value is -2.33. The van der Waals surface area contributed by atoms with Crippen molar-refractivity contribution in [3.63, 3.8) is 0 Å². The topological polar surface area (TPSA) is 75.4 Å². The number of rotatable bonds is 5. The van der Waals surface area contributed by atoms with E-state index in [0.29, 0.717) is 0 Å². The Bertz CT molecular complexity index is 599. The Balaban J connectivity index is 1.92. The number of nitrogens with one attached hydrogen (secondary N) is 1. The highest BCUT2D eigenvalue weighted by atomic mass is 16.3. The lowest BCUT2D eigenvalue weighted by atomic mass is 10.0. The predicted molar refractivity (Wildman–Crippen MR) is 82.7 cm³/mol. The van der Waals surface area contributed by atoms with Crippen LogP contribution >= 0.6 is 0 Å². The number of nitrogens with two attached hydrogens (primary N) is 1. The first kappa shape index (κ1) is 15.1. The van der Waals surface area contributed by atoms with Gasteiger partial charge in [-0.3, -0.25) is 4.79 Å². The minimum Gasteiger partial charge on any atom is -0.508 e. The van der Waals surface area contributed by atoms with Crippen molar-refractivity contribution in [1.82, 2.24) is 5.32 Å². The summed E-state index contributed by atoms with van der Waals surface area (Å²) in [5, 5.41) is 12.4. The molecule has 0 aliphatic rings. The number of phenols is 1. The van der Waals surface area contributed by atoms with Crippen LogP contribution in [-0.4, -0.2) is 11.0 Å². The van der Waals surface area contributed by atoms with Gasteiger partial charge in [-0.1, -0.05) is 42.5 Å². The van der Waals surface area contributed by atoms with Crippen molar-refractivity contribution in [2.24, 2.45) is 5.73 Å². The van der Waals surface area contributed by atoms with Gasteiger partial charge in [0.25, 0.3) is 0 Å². The lowest BCUT2D eigenvalue weighted by Crippen LogP contribution is -2.29. The zero-order chi connectivity index (χ0) is 15.2. The quantitative estimate of drug-likeness (QED) is 0.790. The molecule has 21 heavy (non-hydrogen) atoms. The van der Waals surface area contributed by atoms with E-state index in [1.165, 1.54) is 0 Å². The fraction of sp³-hybridized carbons (Fsp3) is 0.235. The van der Waals surface area contributed by atoms with Gasteiger partial charge in [-0.2, -0.15) is 0 Å². The van der Waals surface area contributed by atoms with Crippen molar-refractivity contribution in [3.05, 3.63) is 65.7 Å². The number of phenolic OH excluding ortho intramolecular Hbond substituents is 1. The van der Waals surface area contributed by atoms with Crippen LogP contribution in [0.2, 0.25) is 0 Å². The Kier molecular flexibility index (Phi) is 4.95. The van der Waals surface area contributed by atoms with Crippen molar-refractivity contribution < 1.29 is 9.90 Å². The van der Waals surface area contributed by atoms with Gasteiger partial charge in [0.1, 0.15) is 5.75 Å². The number of carbonyl (C=O) groups excluding carboxylic acids is 1. The Morgan fingerprint density at radius 3 is 2.48 bits per heavy atom. The van der Waals surface area contributed by atoms with Gasteiger partial charge < -0.3 is 16.2 Å². The highest BCUT2D eigenvalue weighted by molar-refractivity contribution is 5.77. The van der Waals surface area contributed by atoms with Crippen molar-refractivity contribution in [2.45, 2.75) is 25.4 Å². The molecule has 0 aromatic heterocycles. The third kappa shape index (κ3) is 4.33. The van der Waals surface area contributed by atoms with E-state index in [0.717, 1.165) is 11.1 Å². The SMILES string of the molecule is CC(NC(=O)CC(N)c1ccccc1)c1cccc(O)c1. The molecule has 0 aliphatic carbocycles. The molecule has 4 nitrogen and oxygen atoms in total. The molecular formula is C17H20N2O2. The molecule has 0 spiro atoms. The lowest BCUT2D eigenvalue weighted by Gasteiger charge is -2.17. The normalized spacial score (nSPS) is 13.4. The third-order valence-electron chi connectivity index (χ3n) is 3.38. The third-order valence-corrected chi connectivity index (χ3v) is 3.38. The second-order valence-corrected chi connectivity index (χ2v) is 5.11. The molecule has 4 heteroatoms. The summed E-state index contributed by atoms with van der Waals surface area (Å²) in [5.74, 6) is 0.0804. The zero-order valence-electron chi connectivity index (χ0n) is 12.0. The summed E-state index contributed by atoms with van der Waals surface area (Å²) in [6, 6.07) is 15.9. The van der Waals surface area contributed by atoms with Crippen LogP contribution in [-0.2, 0) is 4.79 Å². The van der Waals surface area contributed by atoms with Crippen LogP contribution in [0.3, 0.4) is 0 Å². The van der Waals surface area contributed by atoms with Crippen LogP contribution < -0.4 is 11.1 Å². The van der Waals surface area contributed by atoms with E-state index in [-0.39, 0.29) is 30.2 Å². The number of carbonyl (C=O) groups is 1. The fourth-order valence-electron chi connectivity index (χ4n) is 2.20. The number of hydrogen-bond acceptors (Lipinski definition) is 3. The summed E-state index contributed by atoms with van der Waals surface area (Å²) in [6.07, 6.45) is 0.229. The first-order chi connectivity index (χ1) is 10.1. The van der Waals surface area contributed by atoms with E-state index in [1.807, 2.05) is 43.3 Å². The second kappa shape index (κ2) is 6.90. The van der Waals surface area contributed by atoms with Gasteiger partial charge in [-0.15, -0.1) is 0 Å². The smallest absolute Gasteiger partial charge is 0.222 e. The summed E-state index contributed by atoms with van der Waals surface area (Å²) >= 11 is 0. The fourth-order valence-corrected chi connectivity index (χ4v) is 2.20. The summed E-state index contributed by atoms with van der Waals surface area (Å²) < 4.78 is 0. The molecule has 110 valence electrons. The van der Waals surface area contributed by atoms with Crippen LogP contribution in [0.5, 0.6) is 5.75 Å². The molecule has 0 fully saturated rings. The van der Waals surface area contributed by atoms with Gasteiger partial charge in [0.2, 0.25) is 5.91 Å². The first-order valence-electron chi connectivity index (χ1n) is 6.95. The molecule has 1 amide bonds. The van der Waals surface area contributed by atoms with Gasteiger partial charge in [-0.05, 0) is 30.2 Å². The molecule has 2 rings (SSSR count). The average molecular weight is 284 g/mol. The Morgan fingerprint density at radius 2 is 1.81 bits per heavy atom. The molecular weight excluding hydrogens is 264 g/mol. The number of hydrogen-bond donors (Lipinski definition) is 3. The summed E-state index contributed by atoms with van der Waals surface area (Å²) in [7, 11) is 0. The molecule has 0 saturated carbocycles. The van der Waals surface area contributed by atoms with E-state index in [4.69, 9.17) is 5.73 Å². The van der Waals surface area contributed by atoms with E-state index in [1.54, 1.807) is 18.2 Å². The van der Waals surface area contributed by atoms with Crippen LogP contribution in [0, 0.1) is 0 Å². The molecule has 2 aromatic rings. The second-order valence-electron chi connectivity index (χ2n) is 5.11. The zero-order valence-corrected chi connectivity index (χ0v) is 12.0. The molecule has 0 bridgehead atoms. The van der Waals surface area contributed by atoms with E-state index in [2.05, 4.69) is 5.32 Å². The van der Waals surface area contributed by atoms with Crippen molar-refractivity contribution in [3.8, 4) is 5.75 Å². The molecule has 0 aliphatic heterocycles. The largest absolute Gasteiger partial charge is 0.508 e. The molecule has 0 radical (unpaired) electrons. The Labute approximate surface area is 124 Å². The predicted octanol–water partition coefficient (Wildman–Crippen LogP) is 2.66. The van der Waals surface area contributed by atoms with E-state index >= 15 is 0 Å². The molecule has 2 atom stereocenters. The van der Waals surface area contributed by atoms with E-state index in [9.17, 15) is 9.90 Å². The molecule has 4 N–H and O–H groups in total. The summed E-state index contributed by atoms with van der Waals surface area (Å²) in [6.45, 7) is 1.88. The maximum Gasteiger partial charge on any atom is 0.222 e. The van der Waals surface area contributed by atoms with Gasteiger partial charge in [-0.25, -0.2) is 0 Å². The monoisotopic (exact) mass is 284 g/mol.